The number of rotatable bonds is 7. The van der Waals surface area contributed by atoms with Gasteiger partial charge in [-0.15, -0.1) is 0 Å². The van der Waals surface area contributed by atoms with Gasteiger partial charge in [0.2, 0.25) is 5.91 Å². The predicted octanol–water partition coefficient (Wildman–Crippen LogP) is 1.87. The molecule has 4 nitrogen and oxygen atoms in total. The molecule has 0 heterocycles. The molecule has 0 saturated heterocycles. The van der Waals surface area contributed by atoms with Gasteiger partial charge in [-0.05, 0) is 37.5 Å². The van der Waals surface area contributed by atoms with E-state index in [1.807, 2.05) is 31.2 Å². The third kappa shape index (κ3) is 6.25. The third-order valence-corrected chi connectivity index (χ3v) is 3.05. The molecular weight excluding hydrogens is 240 g/mol. The molecule has 1 atom stereocenters. The van der Waals surface area contributed by atoms with Crippen LogP contribution in [0.2, 0.25) is 0 Å². The van der Waals surface area contributed by atoms with Crippen LogP contribution in [0.25, 0.3) is 0 Å². The Morgan fingerprint density at radius 3 is 2.84 bits per heavy atom. The van der Waals surface area contributed by atoms with Gasteiger partial charge in [0.05, 0.1) is 5.60 Å². The molecule has 0 aliphatic heterocycles. The van der Waals surface area contributed by atoms with E-state index in [0.29, 0.717) is 31.5 Å². The molecule has 4 N–H and O–H groups in total. The molecule has 106 valence electrons. The average Bonchev–Trinajstić information content (AvgIpc) is 2.34. The number of carbonyl (C=O) groups is 1. The highest BCUT2D eigenvalue weighted by Gasteiger charge is 2.19. The van der Waals surface area contributed by atoms with Crippen molar-refractivity contribution in [1.82, 2.24) is 5.32 Å². The van der Waals surface area contributed by atoms with E-state index in [9.17, 15) is 9.90 Å². The van der Waals surface area contributed by atoms with E-state index in [2.05, 4.69) is 5.32 Å². The number of nitrogen functional groups attached to an aromatic ring is 1. The van der Waals surface area contributed by atoms with Gasteiger partial charge >= 0.3 is 0 Å². The van der Waals surface area contributed by atoms with Crippen LogP contribution < -0.4 is 11.1 Å². The lowest BCUT2D eigenvalue weighted by atomic mass is 10.0. The lowest BCUT2D eigenvalue weighted by molar-refractivity contribution is -0.122. The van der Waals surface area contributed by atoms with E-state index < -0.39 is 5.60 Å². The summed E-state index contributed by atoms with van der Waals surface area (Å²) >= 11 is 0. The van der Waals surface area contributed by atoms with Gasteiger partial charge in [-0.3, -0.25) is 4.79 Å². The molecule has 0 radical (unpaired) electrons. The van der Waals surface area contributed by atoms with Gasteiger partial charge in [0.1, 0.15) is 0 Å². The van der Waals surface area contributed by atoms with Gasteiger partial charge in [-0.1, -0.05) is 25.5 Å². The molecule has 0 saturated carbocycles. The number of amides is 1. The number of hydrogen-bond acceptors (Lipinski definition) is 3. The van der Waals surface area contributed by atoms with E-state index in [1.54, 1.807) is 6.92 Å². The van der Waals surface area contributed by atoms with E-state index in [0.717, 1.165) is 12.0 Å². The molecule has 4 heteroatoms. The molecule has 0 aliphatic rings. The summed E-state index contributed by atoms with van der Waals surface area (Å²) in [5.41, 5.74) is 6.63. The molecule has 0 aliphatic carbocycles. The topological polar surface area (TPSA) is 75.3 Å². The Morgan fingerprint density at radius 1 is 1.47 bits per heavy atom. The third-order valence-electron chi connectivity index (χ3n) is 3.05. The van der Waals surface area contributed by atoms with Gasteiger partial charge in [0.15, 0.2) is 0 Å². The number of benzene rings is 1. The van der Waals surface area contributed by atoms with Crippen LogP contribution in [0.5, 0.6) is 0 Å². The Labute approximate surface area is 115 Å². The predicted molar refractivity (Wildman–Crippen MR) is 77.7 cm³/mol. The molecular formula is C15H24N2O2. The average molecular weight is 264 g/mol. The number of nitrogens with two attached hydrogens (primary N) is 1. The largest absolute Gasteiger partial charge is 0.399 e. The summed E-state index contributed by atoms with van der Waals surface area (Å²) in [7, 11) is 0. The van der Waals surface area contributed by atoms with Gasteiger partial charge in [0.25, 0.3) is 0 Å². The monoisotopic (exact) mass is 264 g/mol. The summed E-state index contributed by atoms with van der Waals surface area (Å²) in [5, 5.41) is 12.7. The Morgan fingerprint density at radius 2 is 2.21 bits per heavy atom. The van der Waals surface area contributed by atoms with Crippen molar-refractivity contribution in [1.29, 1.82) is 0 Å². The summed E-state index contributed by atoms with van der Waals surface area (Å²) in [6.07, 6.45) is 2.65. The Balaban J connectivity index is 2.32. The second-order valence-electron chi connectivity index (χ2n) is 5.27. The number of carbonyl (C=O) groups excluding carboxylic acids is 1. The lowest BCUT2D eigenvalue weighted by Crippen LogP contribution is -2.40. The van der Waals surface area contributed by atoms with Crippen molar-refractivity contribution in [3.63, 3.8) is 0 Å². The zero-order chi connectivity index (χ0) is 14.3. The van der Waals surface area contributed by atoms with Gasteiger partial charge in [-0.2, -0.15) is 0 Å². The number of hydrogen-bond donors (Lipinski definition) is 3. The normalized spacial score (nSPS) is 13.8. The molecule has 1 aromatic carbocycles. The van der Waals surface area contributed by atoms with Crippen LogP contribution >= 0.6 is 0 Å². The molecule has 0 fully saturated rings. The van der Waals surface area contributed by atoms with Gasteiger partial charge in [-0.25, -0.2) is 0 Å². The fourth-order valence-corrected chi connectivity index (χ4v) is 2.01. The second kappa shape index (κ2) is 7.14. The zero-order valence-corrected chi connectivity index (χ0v) is 11.8. The Kier molecular flexibility index (Phi) is 5.83. The minimum absolute atomic E-state index is 0.0428. The van der Waals surface area contributed by atoms with Crippen molar-refractivity contribution >= 4 is 11.6 Å². The van der Waals surface area contributed by atoms with Crippen molar-refractivity contribution < 1.29 is 9.90 Å². The highest BCUT2D eigenvalue weighted by Crippen LogP contribution is 2.11. The molecule has 0 spiro atoms. The molecule has 19 heavy (non-hydrogen) atoms. The van der Waals surface area contributed by atoms with Crippen LogP contribution in [0.4, 0.5) is 5.69 Å². The van der Waals surface area contributed by atoms with Crippen LogP contribution in [0.15, 0.2) is 24.3 Å². The fraction of sp³-hybridized carbons (Fsp3) is 0.533. The molecule has 0 aromatic heterocycles. The van der Waals surface area contributed by atoms with Crippen LogP contribution in [-0.2, 0) is 11.2 Å². The zero-order valence-electron chi connectivity index (χ0n) is 11.8. The maximum atomic E-state index is 11.7. The van der Waals surface area contributed by atoms with Crippen LogP contribution in [0.1, 0.15) is 38.7 Å². The van der Waals surface area contributed by atoms with Gasteiger partial charge < -0.3 is 16.2 Å². The molecule has 1 amide bonds. The van der Waals surface area contributed by atoms with Crippen molar-refractivity contribution in [3.05, 3.63) is 29.8 Å². The highest BCUT2D eigenvalue weighted by atomic mass is 16.3. The summed E-state index contributed by atoms with van der Waals surface area (Å²) in [6, 6.07) is 7.54. The fourth-order valence-electron chi connectivity index (χ4n) is 2.01. The lowest BCUT2D eigenvalue weighted by Gasteiger charge is -2.22. The Hall–Kier alpha value is -1.55. The van der Waals surface area contributed by atoms with E-state index >= 15 is 0 Å². The maximum Gasteiger partial charge on any atom is 0.220 e. The van der Waals surface area contributed by atoms with Crippen molar-refractivity contribution in [3.8, 4) is 0 Å². The summed E-state index contributed by atoms with van der Waals surface area (Å²) in [5.74, 6) is -0.0428. The summed E-state index contributed by atoms with van der Waals surface area (Å²) < 4.78 is 0. The number of aryl methyl sites for hydroxylation is 1. The number of nitrogens with one attached hydrogen (secondary N) is 1. The van der Waals surface area contributed by atoms with E-state index in [1.165, 1.54) is 0 Å². The summed E-state index contributed by atoms with van der Waals surface area (Å²) in [4.78, 5) is 11.7. The first-order chi connectivity index (χ1) is 8.93. The van der Waals surface area contributed by atoms with E-state index in [-0.39, 0.29) is 5.91 Å². The summed E-state index contributed by atoms with van der Waals surface area (Å²) in [6.45, 7) is 4.06. The van der Waals surface area contributed by atoms with Crippen molar-refractivity contribution in [2.75, 3.05) is 12.3 Å². The molecule has 0 bridgehead atoms. The second-order valence-corrected chi connectivity index (χ2v) is 5.27. The minimum atomic E-state index is -0.818. The quantitative estimate of drug-likeness (QED) is 0.658. The van der Waals surface area contributed by atoms with Crippen LogP contribution in [0, 0.1) is 0 Å². The SMILES string of the molecule is CCCC(C)(O)CNC(=O)CCc1cccc(N)c1. The molecule has 1 aromatic rings. The first-order valence-corrected chi connectivity index (χ1v) is 6.76. The van der Waals surface area contributed by atoms with Crippen LogP contribution in [-0.4, -0.2) is 23.2 Å². The van der Waals surface area contributed by atoms with Gasteiger partial charge in [0, 0.05) is 18.7 Å². The number of aliphatic hydroxyl groups is 1. The van der Waals surface area contributed by atoms with E-state index in [4.69, 9.17) is 5.73 Å². The molecule has 1 unspecified atom stereocenters. The van der Waals surface area contributed by atoms with Crippen molar-refractivity contribution in [2.45, 2.75) is 45.1 Å². The van der Waals surface area contributed by atoms with Crippen LogP contribution in [0.3, 0.4) is 0 Å². The smallest absolute Gasteiger partial charge is 0.220 e. The Bertz CT molecular complexity index is 416. The highest BCUT2D eigenvalue weighted by molar-refractivity contribution is 5.76. The van der Waals surface area contributed by atoms with Crippen molar-refractivity contribution in [2.24, 2.45) is 0 Å². The maximum absolute atomic E-state index is 11.7. The first-order valence-electron chi connectivity index (χ1n) is 6.76. The first kappa shape index (κ1) is 15.5. The molecule has 1 rings (SSSR count). The minimum Gasteiger partial charge on any atom is -0.399 e. The number of anilines is 1. The standard InChI is InChI=1S/C15H24N2O2/c1-3-9-15(2,19)11-17-14(18)8-7-12-5-4-6-13(16)10-12/h4-6,10,19H,3,7-9,11,16H2,1-2H3,(H,17,18).